The Hall–Kier alpha value is -0.960. The van der Waals surface area contributed by atoms with Crippen molar-refractivity contribution in [2.24, 2.45) is 0 Å². The highest BCUT2D eigenvalue weighted by Crippen LogP contribution is 2.27. The molecule has 0 aliphatic heterocycles. The summed E-state index contributed by atoms with van der Waals surface area (Å²) >= 11 is 1.05. The monoisotopic (exact) mass is 293 g/mol. The summed E-state index contributed by atoms with van der Waals surface area (Å²) in [5.41, 5.74) is 0.519. The summed E-state index contributed by atoms with van der Waals surface area (Å²) in [6.07, 6.45) is 0. The molecule has 1 aromatic heterocycles. The lowest BCUT2D eigenvalue weighted by Crippen LogP contribution is -2.28. The topological polar surface area (TPSA) is 81.7 Å². The number of hydrogen-bond donors (Lipinski definition) is 1. The highest BCUT2D eigenvalue weighted by atomic mass is 32.2. The molecule has 0 saturated carbocycles. The lowest BCUT2D eigenvalue weighted by Gasteiger charge is -2.07. The molecule has 1 rings (SSSR count). The molecule has 0 unspecified atom stereocenters. The molecule has 1 heterocycles. The van der Waals surface area contributed by atoms with E-state index in [1.54, 1.807) is 12.3 Å². The van der Waals surface area contributed by atoms with Crippen molar-refractivity contribution in [1.82, 2.24) is 4.72 Å². The molecule has 0 fully saturated rings. The molecule has 0 amide bonds. The van der Waals surface area contributed by atoms with E-state index >= 15 is 0 Å². The molecule has 6 nitrogen and oxygen atoms in total. The first kappa shape index (κ1) is 15.1. The van der Waals surface area contributed by atoms with E-state index in [4.69, 9.17) is 4.74 Å². The predicted octanol–water partition coefficient (Wildman–Crippen LogP) is 0.768. The third-order valence-corrected chi connectivity index (χ3v) is 5.01. The van der Waals surface area contributed by atoms with Gasteiger partial charge in [0.2, 0.25) is 10.0 Å². The second-order valence-electron chi connectivity index (χ2n) is 3.46. The van der Waals surface area contributed by atoms with E-state index in [1.165, 1.54) is 14.2 Å². The van der Waals surface area contributed by atoms with Gasteiger partial charge >= 0.3 is 5.97 Å². The minimum absolute atomic E-state index is 0.0181. The van der Waals surface area contributed by atoms with Crippen molar-refractivity contribution in [3.05, 3.63) is 15.8 Å². The van der Waals surface area contributed by atoms with Crippen LogP contribution < -0.4 is 4.72 Å². The van der Waals surface area contributed by atoms with Crippen LogP contribution in [-0.2, 0) is 19.5 Å². The fourth-order valence-electron chi connectivity index (χ4n) is 1.35. The lowest BCUT2D eigenvalue weighted by atomic mass is 10.3. The fourth-order valence-corrected chi connectivity index (χ4v) is 4.07. The summed E-state index contributed by atoms with van der Waals surface area (Å²) in [7, 11) is -1.04. The van der Waals surface area contributed by atoms with Crippen LogP contribution >= 0.6 is 11.3 Å². The van der Waals surface area contributed by atoms with Crippen molar-refractivity contribution < 1.29 is 22.7 Å². The summed E-state index contributed by atoms with van der Waals surface area (Å²) in [5.74, 6) is -0.653. The Morgan fingerprint density at radius 1 is 1.44 bits per heavy atom. The fraction of sp³-hybridized carbons (Fsp3) is 0.500. The largest absolute Gasteiger partial charge is 0.465 e. The number of carbonyl (C=O) groups excluding carboxylic acids is 1. The van der Waals surface area contributed by atoms with Gasteiger partial charge in [0, 0.05) is 13.7 Å². The van der Waals surface area contributed by atoms with E-state index < -0.39 is 16.0 Å². The second-order valence-corrected chi connectivity index (χ2v) is 6.04. The van der Waals surface area contributed by atoms with Gasteiger partial charge in [-0.3, -0.25) is 0 Å². The molecule has 1 aromatic rings. The van der Waals surface area contributed by atoms with Gasteiger partial charge in [-0.1, -0.05) is 0 Å². The Morgan fingerprint density at radius 2 is 2.11 bits per heavy atom. The van der Waals surface area contributed by atoms with E-state index in [0.29, 0.717) is 5.56 Å². The van der Waals surface area contributed by atoms with Crippen molar-refractivity contribution in [2.75, 3.05) is 27.4 Å². The maximum absolute atomic E-state index is 12.1. The molecule has 0 atom stereocenters. The first-order valence-electron chi connectivity index (χ1n) is 5.09. The van der Waals surface area contributed by atoms with Crippen molar-refractivity contribution in [3.8, 4) is 0 Å². The highest BCUT2D eigenvalue weighted by Gasteiger charge is 2.26. The van der Waals surface area contributed by atoms with Crippen LogP contribution in [0.4, 0.5) is 0 Å². The minimum atomic E-state index is -3.73. The predicted molar refractivity (Wildman–Crippen MR) is 67.5 cm³/mol. The zero-order valence-electron chi connectivity index (χ0n) is 10.3. The van der Waals surface area contributed by atoms with E-state index in [-0.39, 0.29) is 22.9 Å². The Balaban J connectivity index is 3.07. The lowest BCUT2D eigenvalue weighted by molar-refractivity contribution is 0.0602. The Labute approximate surface area is 110 Å². The number of hydrogen-bond acceptors (Lipinski definition) is 6. The zero-order chi connectivity index (χ0) is 13.8. The first-order valence-corrected chi connectivity index (χ1v) is 7.45. The van der Waals surface area contributed by atoms with Crippen molar-refractivity contribution in [2.45, 2.75) is 11.8 Å². The molecule has 8 heteroatoms. The molecule has 0 bridgehead atoms. The molecular formula is C10H15NO5S2. The van der Waals surface area contributed by atoms with Crippen LogP contribution in [0.1, 0.15) is 15.2 Å². The minimum Gasteiger partial charge on any atom is -0.465 e. The average Bonchev–Trinajstić information content (AvgIpc) is 2.71. The van der Waals surface area contributed by atoms with Crippen LogP contribution in [0.15, 0.2) is 10.3 Å². The van der Waals surface area contributed by atoms with Crippen LogP contribution in [0.3, 0.4) is 0 Å². The molecule has 18 heavy (non-hydrogen) atoms. The van der Waals surface area contributed by atoms with Gasteiger partial charge in [-0.15, -0.1) is 11.3 Å². The van der Waals surface area contributed by atoms with E-state index in [1.807, 2.05) is 0 Å². The standard InChI is InChI=1S/C10H15NO5S2/c1-7-6-17-8(10(12)16-3)9(7)18(13,14)11-4-5-15-2/h6,11H,4-5H2,1-3H3. The van der Waals surface area contributed by atoms with Crippen LogP contribution in [0.5, 0.6) is 0 Å². The summed E-state index contributed by atoms with van der Waals surface area (Å²) in [4.78, 5) is 11.6. The summed E-state index contributed by atoms with van der Waals surface area (Å²) < 4.78 is 35.8. The number of esters is 1. The number of thiophene rings is 1. The molecule has 0 aliphatic rings. The smallest absolute Gasteiger partial charge is 0.349 e. The van der Waals surface area contributed by atoms with Gasteiger partial charge in [0.05, 0.1) is 13.7 Å². The zero-order valence-corrected chi connectivity index (χ0v) is 12.0. The molecular weight excluding hydrogens is 278 g/mol. The van der Waals surface area contributed by atoms with Gasteiger partial charge in [0.25, 0.3) is 0 Å². The van der Waals surface area contributed by atoms with Gasteiger partial charge < -0.3 is 9.47 Å². The van der Waals surface area contributed by atoms with Gasteiger partial charge in [0.15, 0.2) is 0 Å². The summed E-state index contributed by atoms with van der Waals surface area (Å²) in [6, 6.07) is 0. The number of sulfonamides is 1. The van der Waals surface area contributed by atoms with Crippen molar-refractivity contribution in [3.63, 3.8) is 0 Å². The number of rotatable bonds is 6. The maximum atomic E-state index is 12.1. The number of ether oxygens (including phenoxy) is 2. The van der Waals surface area contributed by atoms with Crippen LogP contribution in [0.2, 0.25) is 0 Å². The van der Waals surface area contributed by atoms with Crippen LogP contribution in [-0.4, -0.2) is 41.8 Å². The van der Waals surface area contributed by atoms with E-state index in [2.05, 4.69) is 9.46 Å². The molecule has 0 radical (unpaired) electrons. The molecule has 0 saturated heterocycles. The Kier molecular flexibility index (Phi) is 5.27. The van der Waals surface area contributed by atoms with Crippen molar-refractivity contribution >= 4 is 27.3 Å². The molecule has 102 valence electrons. The van der Waals surface area contributed by atoms with Gasteiger partial charge in [0.1, 0.15) is 9.77 Å². The molecule has 0 spiro atoms. The first-order chi connectivity index (χ1) is 8.44. The second kappa shape index (κ2) is 6.28. The highest BCUT2D eigenvalue weighted by molar-refractivity contribution is 7.89. The third kappa shape index (κ3) is 3.29. The van der Waals surface area contributed by atoms with E-state index in [9.17, 15) is 13.2 Å². The quantitative estimate of drug-likeness (QED) is 0.619. The number of methoxy groups -OCH3 is 2. The SMILES string of the molecule is COCCNS(=O)(=O)c1c(C)csc1C(=O)OC. The van der Waals surface area contributed by atoms with Gasteiger partial charge in [-0.2, -0.15) is 0 Å². The van der Waals surface area contributed by atoms with Crippen molar-refractivity contribution in [1.29, 1.82) is 0 Å². The third-order valence-electron chi connectivity index (χ3n) is 2.16. The molecule has 1 N–H and O–H groups in total. The molecule has 0 aromatic carbocycles. The average molecular weight is 293 g/mol. The number of carbonyl (C=O) groups is 1. The normalized spacial score (nSPS) is 11.5. The molecule has 0 aliphatic carbocycles. The Bertz CT molecular complexity index is 520. The van der Waals surface area contributed by atoms with E-state index in [0.717, 1.165) is 11.3 Å². The maximum Gasteiger partial charge on any atom is 0.349 e. The van der Waals surface area contributed by atoms with Gasteiger partial charge in [-0.05, 0) is 17.9 Å². The van der Waals surface area contributed by atoms with Crippen LogP contribution in [0.25, 0.3) is 0 Å². The van der Waals surface area contributed by atoms with Gasteiger partial charge in [-0.25, -0.2) is 17.9 Å². The number of nitrogens with one attached hydrogen (secondary N) is 1. The number of aryl methyl sites for hydroxylation is 1. The van der Waals surface area contributed by atoms with Crippen LogP contribution in [0, 0.1) is 6.92 Å². The summed E-state index contributed by atoms with van der Waals surface area (Å²) in [6.45, 7) is 2.04. The summed E-state index contributed by atoms with van der Waals surface area (Å²) in [5, 5.41) is 1.61. The Morgan fingerprint density at radius 3 is 2.67 bits per heavy atom.